The maximum absolute atomic E-state index is 11.2. The van der Waals surface area contributed by atoms with E-state index in [1.54, 1.807) is 6.26 Å². The highest BCUT2D eigenvalue weighted by molar-refractivity contribution is 7.84. The number of rotatable bonds is 3. The lowest BCUT2D eigenvalue weighted by molar-refractivity contribution is 0.114. The molecule has 3 nitrogen and oxygen atoms in total. The van der Waals surface area contributed by atoms with Crippen molar-refractivity contribution in [3.8, 4) is 0 Å². The lowest BCUT2D eigenvalue weighted by Crippen LogP contribution is -2.57. The molecule has 1 aliphatic heterocycles. The number of piperazine rings is 1. The standard InChI is InChI=1S/C10H22N2OS/c1-8-6-12(9(2)5-11-8)10(3)7-14(4)13/h8-11H,5-7H2,1-4H3. The summed E-state index contributed by atoms with van der Waals surface area (Å²) >= 11 is 0. The third-order valence-corrected chi connectivity index (χ3v) is 3.81. The minimum absolute atomic E-state index is 0.431. The van der Waals surface area contributed by atoms with Gasteiger partial charge >= 0.3 is 0 Å². The highest BCUT2D eigenvalue weighted by atomic mass is 32.2. The zero-order valence-electron chi connectivity index (χ0n) is 9.62. The molecule has 0 aromatic rings. The first-order valence-electron chi connectivity index (χ1n) is 5.30. The third kappa shape index (κ3) is 3.33. The zero-order valence-corrected chi connectivity index (χ0v) is 10.4. The molecule has 4 heteroatoms. The second kappa shape index (κ2) is 5.24. The fraction of sp³-hybridized carbons (Fsp3) is 1.00. The zero-order chi connectivity index (χ0) is 10.7. The van der Waals surface area contributed by atoms with E-state index >= 15 is 0 Å². The maximum atomic E-state index is 11.2. The summed E-state index contributed by atoms with van der Waals surface area (Å²) in [5, 5.41) is 3.45. The molecule has 0 aliphatic carbocycles. The van der Waals surface area contributed by atoms with Gasteiger partial charge in [0.15, 0.2) is 0 Å². The van der Waals surface area contributed by atoms with Crippen LogP contribution in [0.3, 0.4) is 0 Å². The van der Waals surface area contributed by atoms with Crippen LogP contribution in [0.1, 0.15) is 20.8 Å². The maximum Gasteiger partial charge on any atom is 0.0385 e. The summed E-state index contributed by atoms with van der Waals surface area (Å²) in [6.07, 6.45) is 1.78. The van der Waals surface area contributed by atoms with Crippen LogP contribution in [0, 0.1) is 0 Å². The van der Waals surface area contributed by atoms with Crippen LogP contribution >= 0.6 is 0 Å². The molecule has 0 spiro atoms. The molecule has 1 N–H and O–H groups in total. The summed E-state index contributed by atoms with van der Waals surface area (Å²) < 4.78 is 11.2. The molecule has 0 aromatic heterocycles. The number of hydrogen-bond acceptors (Lipinski definition) is 3. The molecule has 1 aliphatic rings. The van der Waals surface area contributed by atoms with Gasteiger partial charge in [-0.1, -0.05) is 0 Å². The summed E-state index contributed by atoms with van der Waals surface area (Å²) in [5.74, 6) is 0.789. The van der Waals surface area contributed by atoms with Crippen LogP contribution in [0.2, 0.25) is 0 Å². The Bertz CT molecular complexity index is 210. The van der Waals surface area contributed by atoms with Gasteiger partial charge in [0, 0.05) is 54.0 Å². The van der Waals surface area contributed by atoms with E-state index in [0.717, 1.165) is 18.8 Å². The van der Waals surface area contributed by atoms with Gasteiger partial charge < -0.3 is 5.32 Å². The Morgan fingerprint density at radius 1 is 1.57 bits per heavy atom. The number of nitrogens with one attached hydrogen (secondary N) is 1. The van der Waals surface area contributed by atoms with Crippen molar-refractivity contribution in [1.82, 2.24) is 10.2 Å². The highest BCUT2D eigenvalue weighted by Gasteiger charge is 2.26. The predicted molar refractivity (Wildman–Crippen MR) is 62.0 cm³/mol. The summed E-state index contributed by atoms with van der Waals surface area (Å²) in [7, 11) is -0.686. The van der Waals surface area contributed by atoms with Crippen LogP contribution in [0.4, 0.5) is 0 Å². The molecule has 14 heavy (non-hydrogen) atoms. The Kier molecular flexibility index (Phi) is 4.54. The average molecular weight is 218 g/mol. The molecule has 1 heterocycles. The Hall–Kier alpha value is 0.0700. The second-order valence-electron chi connectivity index (χ2n) is 4.44. The van der Waals surface area contributed by atoms with E-state index in [1.165, 1.54) is 0 Å². The first-order valence-corrected chi connectivity index (χ1v) is 7.02. The van der Waals surface area contributed by atoms with Gasteiger partial charge in [0.2, 0.25) is 0 Å². The van der Waals surface area contributed by atoms with Gasteiger partial charge in [-0.15, -0.1) is 0 Å². The van der Waals surface area contributed by atoms with Crippen LogP contribution in [-0.4, -0.2) is 52.3 Å². The molecule has 0 aromatic carbocycles. The molecule has 4 unspecified atom stereocenters. The van der Waals surface area contributed by atoms with Crippen LogP contribution in [-0.2, 0) is 10.8 Å². The van der Waals surface area contributed by atoms with Gasteiger partial charge in [0.1, 0.15) is 0 Å². The third-order valence-electron chi connectivity index (χ3n) is 2.85. The molecule has 0 bridgehead atoms. The fourth-order valence-electron chi connectivity index (χ4n) is 2.10. The van der Waals surface area contributed by atoms with Crippen LogP contribution in [0.5, 0.6) is 0 Å². The Balaban J connectivity index is 2.51. The molecular weight excluding hydrogens is 196 g/mol. The van der Waals surface area contributed by atoms with E-state index in [9.17, 15) is 4.21 Å². The van der Waals surface area contributed by atoms with Crippen molar-refractivity contribution in [2.45, 2.75) is 38.9 Å². The lowest BCUT2D eigenvalue weighted by Gasteiger charge is -2.41. The molecule has 1 rings (SSSR count). The van der Waals surface area contributed by atoms with Crippen LogP contribution in [0.15, 0.2) is 0 Å². The number of hydrogen-bond donors (Lipinski definition) is 1. The fourth-order valence-corrected chi connectivity index (χ4v) is 2.97. The van der Waals surface area contributed by atoms with Crippen molar-refractivity contribution in [3.63, 3.8) is 0 Å². The molecular formula is C10H22N2OS. The van der Waals surface area contributed by atoms with Gasteiger partial charge in [0.05, 0.1) is 0 Å². The first-order chi connectivity index (χ1) is 6.50. The van der Waals surface area contributed by atoms with E-state index in [4.69, 9.17) is 0 Å². The van der Waals surface area contributed by atoms with Crippen LogP contribution < -0.4 is 5.32 Å². The Labute approximate surface area is 89.7 Å². The summed E-state index contributed by atoms with van der Waals surface area (Å²) in [6.45, 7) is 8.72. The molecule has 1 fully saturated rings. The van der Waals surface area contributed by atoms with E-state index in [0.29, 0.717) is 18.1 Å². The Morgan fingerprint density at radius 3 is 2.79 bits per heavy atom. The van der Waals surface area contributed by atoms with Gasteiger partial charge in [-0.2, -0.15) is 0 Å². The second-order valence-corrected chi connectivity index (χ2v) is 5.92. The molecule has 0 saturated carbocycles. The Morgan fingerprint density at radius 2 is 2.21 bits per heavy atom. The van der Waals surface area contributed by atoms with E-state index in [1.807, 2.05) is 0 Å². The largest absolute Gasteiger partial charge is 0.311 e. The van der Waals surface area contributed by atoms with Crippen molar-refractivity contribution in [2.75, 3.05) is 25.1 Å². The molecule has 84 valence electrons. The molecule has 4 atom stereocenters. The lowest BCUT2D eigenvalue weighted by atomic mass is 10.1. The topological polar surface area (TPSA) is 32.3 Å². The van der Waals surface area contributed by atoms with Gasteiger partial charge in [-0.25, -0.2) is 0 Å². The minimum atomic E-state index is -0.686. The van der Waals surface area contributed by atoms with E-state index in [2.05, 4.69) is 31.0 Å². The SMILES string of the molecule is CC1CN(C(C)CS(C)=O)C(C)CN1. The van der Waals surface area contributed by atoms with Gasteiger partial charge in [-0.3, -0.25) is 9.11 Å². The molecule has 1 saturated heterocycles. The summed E-state index contributed by atoms with van der Waals surface area (Å²) in [5.41, 5.74) is 0. The quantitative estimate of drug-likeness (QED) is 0.746. The smallest absolute Gasteiger partial charge is 0.0385 e. The van der Waals surface area contributed by atoms with Crippen molar-refractivity contribution < 1.29 is 4.21 Å². The predicted octanol–water partition coefficient (Wildman–Crippen LogP) is 0.436. The highest BCUT2D eigenvalue weighted by Crippen LogP contribution is 2.11. The number of nitrogens with zero attached hydrogens (tertiary/aromatic N) is 1. The van der Waals surface area contributed by atoms with Crippen molar-refractivity contribution in [3.05, 3.63) is 0 Å². The van der Waals surface area contributed by atoms with Crippen molar-refractivity contribution in [2.24, 2.45) is 0 Å². The summed E-state index contributed by atoms with van der Waals surface area (Å²) in [6, 6.07) is 1.55. The van der Waals surface area contributed by atoms with Gasteiger partial charge in [-0.05, 0) is 20.8 Å². The van der Waals surface area contributed by atoms with E-state index in [-0.39, 0.29) is 0 Å². The molecule has 0 amide bonds. The average Bonchev–Trinajstić information content (AvgIpc) is 2.08. The van der Waals surface area contributed by atoms with Gasteiger partial charge in [0.25, 0.3) is 0 Å². The van der Waals surface area contributed by atoms with Crippen LogP contribution in [0.25, 0.3) is 0 Å². The van der Waals surface area contributed by atoms with Crippen molar-refractivity contribution in [1.29, 1.82) is 0 Å². The van der Waals surface area contributed by atoms with Crippen molar-refractivity contribution >= 4 is 10.8 Å². The summed E-state index contributed by atoms with van der Waals surface area (Å²) in [4.78, 5) is 2.46. The normalized spacial score (nSPS) is 34.0. The first kappa shape index (κ1) is 12.1. The monoisotopic (exact) mass is 218 g/mol. The van der Waals surface area contributed by atoms with E-state index < -0.39 is 10.8 Å². The minimum Gasteiger partial charge on any atom is -0.311 e. The molecule has 0 radical (unpaired) electrons.